The monoisotopic (exact) mass is 221 g/mol. The molecule has 0 aromatic heterocycles. The molecule has 0 atom stereocenters. The van der Waals surface area contributed by atoms with Crippen LogP contribution >= 0.6 is 12.6 Å². The zero-order chi connectivity index (χ0) is 10.6. The van der Waals surface area contributed by atoms with Gasteiger partial charge in [0.15, 0.2) is 0 Å². The molecular formula is C9H10F3NS. The summed E-state index contributed by atoms with van der Waals surface area (Å²) < 4.78 is 36.4. The van der Waals surface area contributed by atoms with Gasteiger partial charge in [-0.2, -0.15) is 25.8 Å². The third-order valence-corrected chi connectivity index (χ3v) is 1.88. The van der Waals surface area contributed by atoms with Crippen LogP contribution in [0.4, 0.5) is 18.9 Å². The Morgan fingerprint density at radius 1 is 1.14 bits per heavy atom. The van der Waals surface area contributed by atoms with Gasteiger partial charge in [-0.1, -0.05) is 0 Å². The number of benzene rings is 1. The first-order valence-electron chi connectivity index (χ1n) is 4.06. The van der Waals surface area contributed by atoms with Gasteiger partial charge in [-0.15, -0.1) is 0 Å². The van der Waals surface area contributed by atoms with Crippen LogP contribution in [0.15, 0.2) is 24.3 Å². The lowest BCUT2D eigenvalue weighted by Gasteiger charge is -2.08. The van der Waals surface area contributed by atoms with E-state index in [0.29, 0.717) is 18.0 Å². The maximum absolute atomic E-state index is 12.1. The predicted octanol–water partition coefficient (Wildman–Crippen LogP) is 3.05. The van der Waals surface area contributed by atoms with Crippen molar-refractivity contribution in [2.75, 3.05) is 17.6 Å². The summed E-state index contributed by atoms with van der Waals surface area (Å²) in [7, 11) is 0. The Bertz CT molecular complexity index is 281. The predicted molar refractivity (Wildman–Crippen MR) is 53.8 cm³/mol. The first-order valence-corrected chi connectivity index (χ1v) is 4.69. The molecule has 0 radical (unpaired) electrons. The zero-order valence-corrected chi connectivity index (χ0v) is 8.20. The Kier molecular flexibility index (Phi) is 3.69. The molecule has 0 amide bonds. The number of anilines is 1. The molecule has 0 bridgehead atoms. The molecule has 5 heteroatoms. The third-order valence-electron chi connectivity index (χ3n) is 1.65. The highest BCUT2D eigenvalue weighted by Gasteiger charge is 2.29. The van der Waals surface area contributed by atoms with Crippen molar-refractivity contribution in [3.8, 4) is 0 Å². The number of hydrogen-bond donors (Lipinski definition) is 2. The summed E-state index contributed by atoms with van der Waals surface area (Å²) >= 11 is 3.97. The van der Waals surface area contributed by atoms with Crippen molar-refractivity contribution >= 4 is 18.3 Å². The van der Waals surface area contributed by atoms with Gasteiger partial charge in [0.25, 0.3) is 0 Å². The summed E-state index contributed by atoms with van der Waals surface area (Å²) in [5.74, 6) is 0.640. The second-order valence-electron chi connectivity index (χ2n) is 2.73. The highest BCUT2D eigenvalue weighted by Crippen LogP contribution is 2.29. The van der Waals surface area contributed by atoms with E-state index in [4.69, 9.17) is 0 Å². The highest BCUT2D eigenvalue weighted by molar-refractivity contribution is 7.80. The quantitative estimate of drug-likeness (QED) is 0.747. The van der Waals surface area contributed by atoms with Crippen molar-refractivity contribution < 1.29 is 13.2 Å². The number of hydrogen-bond acceptors (Lipinski definition) is 2. The largest absolute Gasteiger partial charge is 0.416 e. The van der Waals surface area contributed by atoms with Crippen molar-refractivity contribution in [3.05, 3.63) is 29.8 Å². The van der Waals surface area contributed by atoms with Crippen LogP contribution in [0, 0.1) is 0 Å². The minimum atomic E-state index is -4.26. The molecule has 1 aromatic carbocycles. The van der Waals surface area contributed by atoms with E-state index in [1.54, 1.807) is 0 Å². The lowest BCUT2D eigenvalue weighted by molar-refractivity contribution is -0.137. The average Bonchev–Trinajstić information content (AvgIpc) is 2.14. The van der Waals surface area contributed by atoms with Crippen LogP contribution in [0.1, 0.15) is 5.56 Å². The average molecular weight is 221 g/mol. The first-order chi connectivity index (χ1) is 6.54. The van der Waals surface area contributed by atoms with Gasteiger partial charge in [0.2, 0.25) is 0 Å². The fourth-order valence-electron chi connectivity index (χ4n) is 0.977. The van der Waals surface area contributed by atoms with Gasteiger partial charge >= 0.3 is 6.18 Å². The summed E-state index contributed by atoms with van der Waals surface area (Å²) in [6.07, 6.45) is -4.26. The summed E-state index contributed by atoms with van der Waals surface area (Å²) in [6.45, 7) is 0.633. The van der Waals surface area contributed by atoms with E-state index < -0.39 is 11.7 Å². The molecule has 0 aliphatic rings. The number of rotatable bonds is 3. The van der Waals surface area contributed by atoms with E-state index in [9.17, 15) is 13.2 Å². The molecule has 1 N–H and O–H groups in total. The summed E-state index contributed by atoms with van der Waals surface area (Å²) in [5, 5.41) is 2.93. The lowest BCUT2D eigenvalue weighted by atomic mass is 10.2. The third kappa shape index (κ3) is 3.14. The summed E-state index contributed by atoms with van der Waals surface area (Å²) in [4.78, 5) is 0. The molecule has 0 heterocycles. The molecular weight excluding hydrogens is 211 g/mol. The van der Waals surface area contributed by atoms with Crippen LogP contribution in [-0.4, -0.2) is 12.3 Å². The van der Waals surface area contributed by atoms with Gasteiger partial charge in [0.05, 0.1) is 5.56 Å². The van der Waals surface area contributed by atoms with Crippen molar-refractivity contribution in [1.29, 1.82) is 0 Å². The Balaban J connectivity index is 2.69. The molecule has 0 fully saturated rings. The van der Waals surface area contributed by atoms with Gasteiger partial charge in [-0.3, -0.25) is 0 Å². The number of nitrogens with one attached hydrogen (secondary N) is 1. The van der Waals surface area contributed by atoms with Gasteiger partial charge in [0, 0.05) is 18.0 Å². The SMILES string of the molecule is FC(F)(F)c1ccc(NCCS)cc1. The zero-order valence-electron chi connectivity index (χ0n) is 7.30. The normalized spacial score (nSPS) is 11.4. The van der Waals surface area contributed by atoms with Crippen molar-refractivity contribution in [1.82, 2.24) is 0 Å². The molecule has 1 nitrogen and oxygen atoms in total. The maximum Gasteiger partial charge on any atom is 0.416 e. The molecule has 14 heavy (non-hydrogen) atoms. The molecule has 0 saturated heterocycles. The van der Waals surface area contributed by atoms with E-state index in [1.807, 2.05) is 0 Å². The van der Waals surface area contributed by atoms with Gasteiger partial charge in [-0.05, 0) is 24.3 Å². The summed E-state index contributed by atoms with van der Waals surface area (Å²) in [6, 6.07) is 4.93. The number of halogens is 3. The standard InChI is InChI=1S/C9H10F3NS/c10-9(11,12)7-1-3-8(4-2-7)13-5-6-14/h1-4,13-14H,5-6H2. The van der Waals surface area contributed by atoms with E-state index in [1.165, 1.54) is 12.1 Å². The molecule has 0 aliphatic carbocycles. The van der Waals surface area contributed by atoms with Gasteiger partial charge < -0.3 is 5.32 Å². The van der Waals surface area contributed by atoms with Crippen LogP contribution in [0.3, 0.4) is 0 Å². The Morgan fingerprint density at radius 2 is 1.71 bits per heavy atom. The topological polar surface area (TPSA) is 12.0 Å². The second kappa shape index (κ2) is 4.59. The smallest absolute Gasteiger partial charge is 0.384 e. The Morgan fingerprint density at radius 3 is 2.14 bits per heavy atom. The maximum atomic E-state index is 12.1. The van der Waals surface area contributed by atoms with Gasteiger partial charge in [0.1, 0.15) is 0 Å². The van der Waals surface area contributed by atoms with E-state index in [2.05, 4.69) is 17.9 Å². The van der Waals surface area contributed by atoms with Crippen LogP contribution in [0.5, 0.6) is 0 Å². The minimum Gasteiger partial charge on any atom is -0.384 e. The minimum absolute atomic E-state index is 0.631. The molecule has 0 spiro atoms. The highest BCUT2D eigenvalue weighted by atomic mass is 32.1. The van der Waals surface area contributed by atoms with Crippen molar-refractivity contribution in [2.45, 2.75) is 6.18 Å². The second-order valence-corrected chi connectivity index (χ2v) is 3.17. The van der Waals surface area contributed by atoms with Crippen LogP contribution < -0.4 is 5.32 Å². The van der Waals surface area contributed by atoms with Crippen molar-refractivity contribution in [2.24, 2.45) is 0 Å². The van der Waals surface area contributed by atoms with E-state index in [-0.39, 0.29) is 0 Å². The molecule has 78 valence electrons. The van der Waals surface area contributed by atoms with Crippen LogP contribution in [0.2, 0.25) is 0 Å². The molecule has 0 aliphatic heterocycles. The lowest BCUT2D eigenvalue weighted by Crippen LogP contribution is -2.06. The molecule has 1 rings (SSSR count). The fraction of sp³-hybridized carbons (Fsp3) is 0.333. The van der Waals surface area contributed by atoms with Gasteiger partial charge in [-0.25, -0.2) is 0 Å². The summed E-state index contributed by atoms with van der Waals surface area (Å²) in [5.41, 5.74) is 0.0426. The number of alkyl halides is 3. The van der Waals surface area contributed by atoms with Crippen LogP contribution in [-0.2, 0) is 6.18 Å². The van der Waals surface area contributed by atoms with Crippen molar-refractivity contribution in [3.63, 3.8) is 0 Å². The molecule has 0 saturated carbocycles. The Hall–Kier alpha value is -0.840. The Labute approximate surface area is 85.7 Å². The fourth-order valence-corrected chi connectivity index (χ4v) is 1.09. The molecule has 0 unspecified atom stereocenters. The van der Waals surface area contributed by atoms with E-state index >= 15 is 0 Å². The van der Waals surface area contributed by atoms with E-state index in [0.717, 1.165) is 12.1 Å². The van der Waals surface area contributed by atoms with Crippen LogP contribution in [0.25, 0.3) is 0 Å². The first kappa shape index (κ1) is 11.2. The number of thiol groups is 1. The molecule has 1 aromatic rings.